The Kier molecular flexibility index (Phi) is 32.2. The largest absolute Gasteiger partial charge is 0.388 e. The van der Waals surface area contributed by atoms with Gasteiger partial charge in [0.2, 0.25) is 0 Å². The van der Waals surface area contributed by atoms with Gasteiger partial charge in [0, 0.05) is 15.6 Å². The molecule has 0 spiro atoms. The van der Waals surface area contributed by atoms with Crippen molar-refractivity contribution in [3.8, 4) is 0 Å². The van der Waals surface area contributed by atoms with E-state index in [-0.39, 0.29) is 1.43 Å². The predicted molar refractivity (Wildman–Crippen MR) is 70.0 cm³/mol. The third-order valence-corrected chi connectivity index (χ3v) is 1.89. The standard InChI is InChI=1S/C7H14.C2H6O.2C2H6.H2/c1-7-5-3-2-4-6-7;1-3-2;2*1-2;/h7H,2-6H2,1H3;1-2H3;2*1-2H3;1H. The lowest BCUT2D eigenvalue weighted by Crippen LogP contribution is -1.99. The first-order valence-electron chi connectivity index (χ1n) is 6.21. The van der Waals surface area contributed by atoms with Gasteiger partial charge in [-0.2, -0.15) is 0 Å². The Morgan fingerprint density at radius 2 is 1.14 bits per heavy atom. The summed E-state index contributed by atoms with van der Waals surface area (Å²) in [6.07, 6.45) is 7.44. The summed E-state index contributed by atoms with van der Waals surface area (Å²) in [5.41, 5.74) is 0. The monoisotopic (exact) mass is 206 g/mol. The molecule has 0 heterocycles. The molecule has 0 aromatic heterocycles. The van der Waals surface area contributed by atoms with Crippen molar-refractivity contribution in [1.29, 1.82) is 0 Å². The number of hydrogen-bond acceptors (Lipinski definition) is 1. The SMILES string of the molecule is CC.CC.CC1CCCCC1.COC.[HH]. The van der Waals surface area contributed by atoms with E-state index in [0.29, 0.717) is 0 Å². The summed E-state index contributed by atoms with van der Waals surface area (Å²) >= 11 is 0. The molecule has 0 bridgehead atoms. The van der Waals surface area contributed by atoms with Crippen LogP contribution in [0, 0.1) is 5.92 Å². The van der Waals surface area contributed by atoms with E-state index < -0.39 is 0 Å². The van der Waals surface area contributed by atoms with Crippen molar-refractivity contribution < 1.29 is 6.16 Å². The molecule has 0 N–H and O–H groups in total. The minimum atomic E-state index is 0. The number of ether oxygens (including phenoxy) is 1. The second kappa shape index (κ2) is 23.1. The van der Waals surface area contributed by atoms with E-state index in [1.54, 1.807) is 14.2 Å². The Morgan fingerprint density at radius 3 is 1.29 bits per heavy atom. The second-order valence-electron chi connectivity index (χ2n) is 3.15. The van der Waals surface area contributed by atoms with E-state index in [1.165, 1.54) is 32.1 Å². The molecule has 1 aliphatic carbocycles. The van der Waals surface area contributed by atoms with Crippen LogP contribution < -0.4 is 0 Å². The third-order valence-electron chi connectivity index (χ3n) is 1.89. The van der Waals surface area contributed by atoms with E-state index in [0.717, 1.165) is 5.92 Å². The van der Waals surface area contributed by atoms with Crippen molar-refractivity contribution in [2.24, 2.45) is 5.92 Å². The van der Waals surface area contributed by atoms with Crippen LogP contribution in [0.25, 0.3) is 0 Å². The zero-order chi connectivity index (χ0) is 11.8. The molecule has 0 unspecified atom stereocenters. The average Bonchev–Trinajstić information content (AvgIpc) is 2.26. The molecule has 0 amide bonds. The molecule has 1 nitrogen and oxygen atoms in total. The van der Waals surface area contributed by atoms with Crippen molar-refractivity contribution in [1.82, 2.24) is 0 Å². The first-order valence-corrected chi connectivity index (χ1v) is 6.21. The molecule has 1 saturated carbocycles. The van der Waals surface area contributed by atoms with Crippen LogP contribution in [0.3, 0.4) is 0 Å². The lowest BCUT2D eigenvalue weighted by Gasteiger charge is -2.15. The van der Waals surface area contributed by atoms with Gasteiger partial charge in [0.1, 0.15) is 0 Å². The van der Waals surface area contributed by atoms with Gasteiger partial charge in [0.25, 0.3) is 0 Å². The first kappa shape index (κ1) is 19.5. The maximum Gasteiger partial charge on any atom is 0.0351 e. The van der Waals surface area contributed by atoms with Gasteiger partial charge in [-0.15, -0.1) is 0 Å². The third kappa shape index (κ3) is 22.7. The van der Waals surface area contributed by atoms with Crippen LogP contribution in [0.2, 0.25) is 0 Å². The van der Waals surface area contributed by atoms with E-state index in [9.17, 15) is 0 Å². The van der Waals surface area contributed by atoms with Gasteiger partial charge in [0.05, 0.1) is 0 Å². The number of rotatable bonds is 0. The lowest BCUT2D eigenvalue weighted by atomic mass is 9.91. The molecule has 0 radical (unpaired) electrons. The fourth-order valence-corrected chi connectivity index (χ4v) is 1.31. The minimum absolute atomic E-state index is 0. The van der Waals surface area contributed by atoms with Gasteiger partial charge in [-0.1, -0.05) is 66.7 Å². The molecular weight excluding hydrogens is 172 g/mol. The molecule has 0 aromatic rings. The van der Waals surface area contributed by atoms with Gasteiger partial charge in [0.15, 0.2) is 0 Å². The van der Waals surface area contributed by atoms with Crippen LogP contribution in [0.4, 0.5) is 0 Å². The number of methoxy groups -OCH3 is 1. The van der Waals surface area contributed by atoms with Gasteiger partial charge in [-0.3, -0.25) is 0 Å². The van der Waals surface area contributed by atoms with E-state index in [2.05, 4.69) is 11.7 Å². The Balaban J connectivity index is -0.0000000658. The highest BCUT2D eigenvalue weighted by Gasteiger charge is 2.05. The van der Waals surface area contributed by atoms with Crippen molar-refractivity contribution >= 4 is 0 Å². The summed E-state index contributed by atoms with van der Waals surface area (Å²) in [5.74, 6) is 1.04. The van der Waals surface area contributed by atoms with Crippen molar-refractivity contribution in [2.75, 3.05) is 14.2 Å². The summed E-state index contributed by atoms with van der Waals surface area (Å²) in [6.45, 7) is 10.4. The Hall–Kier alpha value is -0.0400. The van der Waals surface area contributed by atoms with Crippen LogP contribution in [0.1, 0.15) is 68.1 Å². The molecule has 1 heteroatoms. The zero-order valence-corrected chi connectivity index (χ0v) is 11.5. The number of hydrogen-bond donors (Lipinski definition) is 0. The zero-order valence-electron chi connectivity index (χ0n) is 11.5. The van der Waals surface area contributed by atoms with Crippen LogP contribution in [-0.4, -0.2) is 14.2 Å². The van der Waals surface area contributed by atoms with Crippen molar-refractivity contribution in [2.45, 2.75) is 66.7 Å². The molecule has 0 aliphatic heterocycles. The van der Waals surface area contributed by atoms with Gasteiger partial charge in [-0.25, -0.2) is 0 Å². The van der Waals surface area contributed by atoms with Crippen molar-refractivity contribution in [3.05, 3.63) is 0 Å². The molecule has 0 atom stereocenters. The average molecular weight is 206 g/mol. The highest BCUT2D eigenvalue weighted by atomic mass is 16.4. The fraction of sp³-hybridized carbons (Fsp3) is 1.00. The molecule has 1 rings (SSSR count). The molecular formula is C13H34O. The highest BCUT2D eigenvalue weighted by Crippen LogP contribution is 2.21. The van der Waals surface area contributed by atoms with Crippen molar-refractivity contribution in [3.63, 3.8) is 0 Å². The van der Waals surface area contributed by atoms with Gasteiger partial charge >= 0.3 is 0 Å². The van der Waals surface area contributed by atoms with E-state index in [1.807, 2.05) is 27.7 Å². The topological polar surface area (TPSA) is 9.23 Å². The molecule has 0 saturated heterocycles. The molecule has 0 aromatic carbocycles. The summed E-state index contributed by atoms with van der Waals surface area (Å²) in [7, 11) is 3.25. The fourth-order valence-electron chi connectivity index (χ4n) is 1.31. The quantitative estimate of drug-likeness (QED) is 0.533. The second-order valence-corrected chi connectivity index (χ2v) is 3.15. The summed E-state index contributed by atoms with van der Waals surface area (Å²) in [5, 5.41) is 0. The lowest BCUT2D eigenvalue weighted by molar-refractivity contribution is 0.277. The smallest absolute Gasteiger partial charge is 0.0351 e. The van der Waals surface area contributed by atoms with Gasteiger partial charge < -0.3 is 4.74 Å². The van der Waals surface area contributed by atoms with E-state index >= 15 is 0 Å². The Labute approximate surface area is 93.7 Å². The summed E-state index contributed by atoms with van der Waals surface area (Å²) < 4.78 is 4.25. The summed E-state index contributed by atoms with van der Waals surface area (Å²) in [4.78, 5) is 0. The molecule has 1 aliphatic rings. The first-order chi connectivity index (χ1) is 6.81. The molecule has 92 valence electrons. The predicted octanol–water partition coefficient (Wildman–Crippen LogP) is 5.15. The Bertz CT molecular complexity index is 61.6. The molecule has 14 heavy (non-hydrogen) atoms. The van der Waals surface area contributed by atoms with Gasteiger partial charge in [-0.05, 0) is 5.92 Å². The van der Waals surface area contributed by atoms with Crippen LogP contribution in [0.15, 0.2) is 0 Å². The Morgan fingerprint density at radius 1 is 0.857 bits per heavy atom. The van der Waals surface area contributed by atoms with Crippen LogP contribution >= 0.6 is 0 Å². The minimum Gasteiger partial charge on any atom is -0.388 e. The maximum atomic E-state index is 4.25. The van der Waals surface area contributed by atoms with E-state index in [4.69, 9.17) is 0 Å². The molecule has 1 fully saturated rings. The van der Waals surface area contributed by atoms with Crippen LogP contribution in [-0.2, 0) is 4.74 Å². The van der Waals surface area contributed by atoms with Crippen LogP contribution in [0.5, 0.6) is 0 Å². The normalized spacial score (nSPS) is 14.8. The highest BCUT2D eigenvalue weighted by molar-refractivity contribution is 4.59. The maximum absolute atomic E-state index is 4.25. The summed E-state index contributed by atoms with van der Waals surface area (Å²) in [6, 6.07) is 0.